The average molecular weight is 380 g/mol. The molecule has 0 aliphatic heterocycles. The number of fused-ring (bicyclic) bond motifs is 1. The van der Waals surface area contributed by atoms with Gasteiger partial charge in [0.25, 0.3) is 0 Å². The molecule has 0 aliphatic rings. The summed E-state index contributed by atoms with van der Waals surface area (Å²) >= 11 is 9.00. The topological polar surface area (TPSA) is 55.1 Å². The number of amides is 1. The Hall–Kier alpha value is -1.85. The van der Waals surface area contributed by atoms with Crippen LogP contribution in [0.1, 0.15) is 5.56 Å². The number of nitrogens with zero attached hydrogens (tertiary/aromatic N) is 1. The predicted molar refractivity (Wildman–Crippen MR) is 91.2 cm³/mol. The molecule has 6 heteroatoms. The molecule has 1 heterocycles. The number of alkyl halides is 1. The lowest BCUT2D eigenvalue weighted by molar-refractivity contribution is -0.113. The van der Waals surface area contributed by atoms with Gasteiger partial charge >= 0.3 is 0 Å². The van der Waals surface area contributed by atoms with E-state index in [0.29, 0.717) is 22.7 Å². The summed E-state index contributed by atoms with van der Waals surface area (Å²) in [6.45, 7) is 1.91. The van der Waals surface area contributed by atoms with Crippen LogP contribution in [0.15, 0.2) is 45.3 Å². The second-order valence-electron chi connectivity index (χ2n) is 4.82. The number of hydrogen-bond donors (Lipinski definition) is 1. The summed E-state index contributed by atoms with van der Waals surface area (Å²) in [6.07, 6.45) is 0. The minimum absolute atomic E-state index is 0.0852. The van der Waals surface area contributed by atoms with E-state index in [2.05, 4.69) is 26.2 Å². The van der Waals surface area contributed by atoms with E-state index in [9.17, 15) is 4.79 Å². The van der Waals surface area contributed by atoms with Crippen LogP contribution in [0, 0.1) is 6.92 Å². The first kappa shape index (κ1) is 15.1. The highest BCUT2D eigenvalue weighted by atomic mass is 79.9. The number of hydrogen-bond acceptors (Lipinski definition) is 3. The maximum atomic E-state index is 11.4. The van der Waals surface area contributed by atoms with Gasteiger partial charge in [0, 0.05) is 10.2 Å². The molecule has 3 rings (SSSR count). The molecule has 0 bridgehead atoms. The summed E-state index contributed by atoms with van der Waals surface area (Å²) in [7, 11) is 0. The molecular formula is C16H12BrClN2O2. The molecule has 1 aromatic heterocycles. The average Bonchev–Trinajstić information content (AvgIpc) is 2.92. The third-order valence-electron chi connectivity index (χ3n) is 3.19. The highest BCUT2D eigenvalue weighted by Crippen LogP contribution is 2.32. The van der Waals surface area contributed by atoms with Crippen LogP contribution in [0.3, 0.4) is 0 Å². The molecule has 0 fully saturated rings. The molecular weight excluding hydrogens is 368 g/mol. The number of carbonyl (C=O) groups excluding carboxylic acids is 1. The first-order valence-corrected chi connectivity index (χ1v) is 7.93. The van der Waals surface area contributed by atoms with Crippen LogP contribution in [0.25, 0.3) is 22.6 Å². The molecule has 0 radical (unpaired) electrons. The van der Waals surface area contributed by atoms with Crippen molar-refractivity contribution in [1.82, 2.24) is 4.98 Å². The summed E-state index contributed by atoms with van der Waals surface area (Å²) in [5, 5.41) is 2.72. The summed E-state index contributed by atoms with van der Waals surface area (Å²) in [6, 6.07) is 11.3. The second-order valence-corrected chi connectivity index (χ2v) is 5.94. The van der Waals surface area contributed by atoms with Crippen molar-refractivity contribution in [3.63, 3.8) is 0 Å². The summed E-state index contributed by atoms with van der Waals surface area (Å²) in [4.78, 5) is 15.9. The zero-order valence-electron chi connectivity index (χ0n) is 11.7. The fourth-order valence-electron chi connectivity index (χ4n) is 2.22. The lowest BCUT2D eigenvalue weighted by Gasteiger charge is -2.03. The first-order valence-electron chi connectivity index (χ1n) is 6.60. The maximum Gasteiger partial charge on any atom is 0.239 e. The standard InChI is InChI=1S/C16H12BrClN2O2/c1-9-6-10(19-14(21)8-18)7-13-15(9)22-16(20-13)11-4-2-3-5-12(11)17/h2-7H,8H2,1H3,(H,19,21). The van der Waals surface area contributed by atoms with Gasteiger partial charge in [0.15, 0.2) is 5.58 Å². The van der Waals surface area contributed by atoms with Gasteiger partial charge in [-0.1, -0.05) is 12.1 Å². The van der Waals surface area contributed by atoms with Crippen LogP contribution in [-0.2, 0) is 4.79 Å². The van der Waals surface area contributed by atoms with Gasteiger partial charge in [0.2, 0.25) is 11.8 Å². The molecule has 1 N–H and O–H groups in total. The first-order chi connectivity index (χ1) is 10.6. The van der Waals surface area contributed by atoms with Crippen molar-refractivity contribution in [1.29, 1.82) is 0 Å². The van der Waals surface area contributed by atoms with E-state index in [1.807, 2.05) is 37.3 Å². The molecule has 3 aromatic rings. The fraction of sp³-hybridized carbons (Fsp3) is 0.125. The molecule has 4 nitrogen and oxygen atoms in total. The van der Waals surface area contributed by atoms with E-state index in [-0.39, 0.29) is 11.8 Å². The van der Waals surface area contributed by atoms with Gasteiger partial charge in [0.1, 0.15) is 11.4 Å². The van der Waals surface area contributed by atoms with E-state index in [1.54, 1.807) is 6.07 Å². The number of aryl methyl sites for hydroxylation is 1. The lowest BCUT2D eigenvalue weighted by Crippen LogP contribution is -2.12. The zero-order chi connectivity index (χ0) is 15.7. The van der Waals surface area contributed by atoms with Crippen molar-refractivity contribution >= 4 is 50.2 Å². The van der Waals surface area contributed by atoms with Gasteiger partial charge in [-0.3, -0.25) is 4.79 Å². The molecule has 0 aliphatic carbocycles. The molecule has 0 saturated carbocycles. The fourth-order valence-corrected chi connectivity index (χ4v) is 2.74. The number of rotatable bonds is 3. The van der Waals surface area contributed by atoms with E-state index in [4.69, 9.17) is 16.0 Å². The minimum atomic E-state index is -0.255. The predicted octanol–water partition coefficient (Wildman–Crippen LogP) is 4.74. The molecule has 2 aromatic carbocycles. The SMILES string of the molecule is Cc1cc(NC(=O)CCl)cc2nc(-c3ccccc3Br)oc12. The van der Waals surface area contributed by atoms with Crippen LogP contribution in [0.5, 0.6) is 0 Å². The minimum Gasteiger partial charge on any atom is -0.436 e. The maximum absolute atomic E-state index is 11.4. The Labute approximate surface area is 140 Å². The van der Waals surface area contributed by atoms with Gasteiger partial charge in [-0.25, -0.2) is 4.98 Å². The second kappa shape index (κ2) is 6.10. The van der Waals surface area contributed by atoms with Crippen LogP contribution in [0.2, 0.25) is 0 Å². The number of nitrogens with one attached hydrogen (secondary N) is 1. The Morgan fingerprint density at radius 3 is 2.86 bits per heavy atom. The van der Waals surface area contributed by atoms with Crippen molar-refractivity contribution in [2.24, 2.45) is 0 Å². The van der Waals surface area contributed by atoms with Crippen molar-refractivity contribution in [3.8, 4) is 11.5 Å². The van der Waals surface area contributed by atoms with Gasteiger partial charge in [-0.2, -0.15) is 0 Å². The molecule has 22 heavy (non-hydrogen) atoms. The van der Waals surface area contributed by atoms with Crippen molar-refractivity contribution in [2.45, 2.75) is 6.92 Å². The quantitative estimate of drug-likeness (QED) is 0.669. The normalized spacial score (nSPS) is 10.9. The molecule has 0 spiro atoms. The summed E-state index contributed by atoms with van der Waals surface area (Å²) < 4.78 is 6.78. The molecule has 0 unspecified atom stereocenters. The number of oxazole rings is 1. The van der Waals surface area contributed by atoms with E-state index in [0.717, 1.165) is 15.6 Å². The largest absolute Gasteiger partial charge is 0.436 e. The Kier molecular flexibility index (Phi) is 4.18. The van der Waals surface area contributed by atoms with Gasteiger partial charge in [-0.15, -0.1) is 11.6 Å². The molecule has 112 valence electrons. The Bertz CT molecular complexity index is 860. The highest BCUT2D eigenvalue weighted by Gasteiger charge is 2.14. The number of anilines is 1. The molecule has 0 atom stereocenters. The Balaban J connectivity index is 2.08. The van der Waals surface area contributed by atoms with Crippen molar-refractivity contribution < 1.29 is 9.21 Å². The van der Waals surface area contributed by atoms with E-state index in [1.165, 1.54) is 0 Å². The van der Waals surface area contributed by atoms with Gasteiger partial charge in [-0.05, 0) is 52.7 Å². The van der Waals surface area contributed by atoms with E-state index >= 15 is 0 Å². The van der Waals surface area contributed by atoms with Gasteiger partial charge in [0.05, 0.1) is 5.56 Å². The van der Waals surface area contributed by atoms with Gasteiger partial charge < -0.3 is 9.73 Å². The van der Waals surface area contributed by atoms with E-state index < -0.39 is 0 Å². The third-order valence-corrected chi connectivity index (χ3v) is 4.12. The number of carbonyl (C=O) groups is 1. The van der Waals surface area contributed by atoms with Crippen molar-refractivity contribution in [3.05, 3.63) is 46.4 Å². The number of aromatic nitrogens is 1. The van der Waals surface area contributed by atoms with Crippen LogP contribution < -0.4 is 5.32 Å². The number of halogens is 2. The lowest BCUT2D eigenvalue weighted by atomic mass is 10.2. The highest BCUT2D eigenvalue weighted by molar-refractivity contribution is 9.10. The Morgan fingerprint density at radius 1 is 1.36 bits per heavy atom. The number of benzene rings is 2. The van der Waals surface area contributed by atoms with Crippen molar-refractivity contribution in [2.75, 3.05) is 11.2 Å². The molecule has 0 saturated heterocycles. The van der Waals surface area contributed by atoms with Crippen LogP contribution in [0.4, 0.5) is 5.69 Å². The zero-order valence-corrected chi connectivity index (χ0v) is 14.0. The third kappa shape index (κ3) is 2.87. The molecule has 1 amide bonds. The summed E-state index contributed by atoms with van der Waals surface area (Å²) in [5.74, 6) is 0.194. The van der Waals surface area contributed by atoms with Crippen LogP contribution >= 0.6 is 27.5 Å². The van der Waals surface area contributed by atoms with Crippen LogP contribution in [-0.4, -0.2) is 16.8 Å². The Morgan fingerprint density at radius 2 is 2.14 bits per heavy atom. The smallest absolute Gasteiger partial charge is 0.239 e. The summed E-state index contributed by atoms with van der Waals surface area (Å²) in [5.41, 5.74) is 3.82. The monoisotopic (exact) mass is 378 g/mol.